The summed E-state index contributed by atoms with van der Waals surface area (Å²) in [5.41, 5.74) is 7.62. The van der Waals surface area contributed by atoms with Crippen molar-refractivity contribution in [1.29, 1.82) is 0 Å². The van der Waals surface area contributed by atoms with Gasteiger partial charge in [0, 0.05) is 0 Å². The fourth-order valence-electron chi connectivity index (χ4n) is 2.72. The summed E-state index contributed by atoms with van der Waals surface area (Å²) >= 11 is 0. The first-order valence-corrected chi connectivity index (χ1v) is 5.58. The molecule has 1 amide bonds. The standard InChI is InChI=1S/C15H13NO/c1-9-11-7-3-5-10-6-4-8-12(13(10)11)15(9,2)14(16)17/h3-8H,1H2,2H3,(H2,16,17). The lowest BCUT2D eigenvalue weighted by Gasteiger charge is -2.23. The molecule has 2 heteroatoms. The molecule has 0 bridgehead atoms. The number of amides is 1. The minimum Gasteiger partial charge on any atom is -0.369 e. The molecule has 0 heterocycles. The molecule has 1 unspecified atom stereocenters. The van der Waals surface area contributed by atoms with Crippen LogP contribution >= 0.6 is 0 Å². The van der Waals surface area contributed by atoms with E-state index in [2.05, 4.69) is 6.58 Å². The Kier molecular flexibility index (Phi) is 1.77. The highest BCUT2D eigenvalue weighted by atomic mass is 16.1. The lowest BCUT2D eigenvalue weighted by molar-refractivity contribution is -0.121. The van der Waals surface area contributed by atoms with Crippen molar-refractivity contribution in [3.05, 3.63) is 54.1 Å². The van der Waals surface area contributed by atoms with Crippen molar-refractivity contribution in [3.8, 4) is 0 Å². The van der Waals surface area contributed by atoms with Gasteiger partial charge in [0.25, 0.3) is 0 Å². The largest absolute Gasteiger partial charge is 0.369 e. The SMILES string of the molecule is C=C1c2cccc3cccc(c23)C1(C)C(N)=O. The van der Waals surface area contributed by atoms with Crippen LogP contribution in [-0.4, -0.2) is 5.91 Å². The monoisotopic (exact) mass is 223 g/mol. The molecule has 17 heavy (non-hydrogen) atoms. The maximum absolute atomic E-state index is 11.8. The van der Waals surface area contributed by atoms with E-state index in [0.717, 1.165) is 27.5 Å². The Morgan fingerprint density at radius 1 is 1.24 bits per heavy atom. The van der Waals surface area contributed by atoms with Gasteiger partial charge in [-0.25, -0.2) is 0 Å². The molecule has 1 aliphatic carbocycles. The second-order valence-electron chi connectivity index (χ2n) is 4.68. The maximum atomic E-state index is 11.8. The third-order valence-corrected chi connectivity index (χ3v) is 3.86. The van der Waals surface area contributed by atoms with Gasteiger partial charge in [0.1, 0.15) is 0 Å². The lowest BCUT2D eigenvalue weighted by Crippen LogP contribution is -2.37. The minimum absolute atomic E-state index is 0.341. The first kappa shape index (κ1) is 10.1. The second kappa shape index (κ2) is 2.98. The molecule has 2 nitrogen and oxygen atoms in total. The van der Waals surface area contributed by atoms with Gasteiger partial charge in [-0.05, 0) is 34.4 Å². The summed E-state index contributed by atoms with van der Waals surface area (Å²) in [6.45, 7) is 5.92. The van der Waals surface area contributed by atoms with Crippen LogP contribution in [0.1, 0.15) is 18.1 Å². The first-order chi connectivity index (χ1) is 8.06. The van der Waals surface area contributed by atoms with E-state index < -0.39 is 5.41 Å². The van der Waals surface area contributed by atoms with Crippen molar-refractivity contribution < 1.29 is 4.79 Å². The highest BCUT2D eigenvalue weighted by molar-refractivity contribution is 6.14. The number of rotatable bonds is 1. The van der Waals surface area contributed by atoms with Crippen molar-refractivity contribution in [1.82, 2.24) is 0 Å². The topological polar surface area (TPSA) is 43.1 Å². The Balaban J connectivity index is 2.51. The summed E-state index contributed by atoms with van der Waals surface area (Å²) in [6.07, 6.45) is 0. The fourth-order valence-corrected chi connectivity index (χ4v) is 2.72. The van der Waals surface area contributed by atoms with E-state index in [1.165, 1.54) is 0 Å². The molecule has 0 saturated carbocycles. The van der Waals surface area contributed by atoms with Crippen molar-refractivity contribution >= 4 is 22.3 Å². The molecule has 0 spiro atoms. The molecule has 0 fully saturated rings. The number of hydrogen-bond donors (Lipinski definition) is 1. The molecule has 0 aliphatic heterocycles. The number of benzene rings is 2. The Labute approximate surface area is 99.7 Å². The molecule has 2 aromatic carbocycles. The zero-order chi connectivity index (χ0) is 12.2. The van der Waals surface area contributed by atoms with Crippen LogP contribution in [0.15, 0.2) is 43.0 Å². The zero-order valence-electron chi connectivity index (χ0n) is 9.66. The lowest BCUT2D eigenvalue weighted by atomic mass is 9.79. The average molecular weight is 223 g/mol. The van der Waals surface area contributed by atoms with Gasteiger partial charge >= 0.3 is 0 Å². The van der Waals surface area contributed by atoms with Gasteiger partial charge in [0.15, 0.2) is 0 Å². The molecular formula is C15H13NO. The van der Waals surface area contributed by atoms with Crippen molar-refractivity contribution in [2.24, 2.45) is 5.73 Å². The Morgan fingerprint density at radius 3 is 2.53 bits per heavy atom. The van der Waals surface area contributed by atoms with Crippen LogP contribution in [0.5, 0.6) is 0 Å². The van der Waals surface area contributed by atoms with Gasteiger partial charge in [-0.1, -0.05) is 43.0 Å². The number of carbonyl (C=O) groups excluding carboxylic acids is 1. The smallest absolute Gasteiger partial charge is 0.232 e. The summed E-state index contributed by atoms with van der Waals surface area (Å²) < 4.78 is 0. The molecule has 2 aromatic rings. The van der Waals surface area contributed by atoms with Gasteiger partial charge in [-0.3, -0.25) is 4.79 Å². The van der Waals surface area contributed by atoms with E-state index in [0.29, 0.717) is 0 Å². The van der Waals surface area contributed by atoms with E-state index in [1.807, 2.05) is 43.3 Å². The highest BCUT2D eigenvalue weighted by Gasteiger charge is 2.43. The van der Waals surface area contributed by atoms with Crippen LogP contribution in [-0.2, 0) is 10.2 Å². The third-order valence-electron chi connectivity index (χ3n) is 3.86. The highest BCUT2D eigenvalue weighted by Crippen LogP contribution is 2.49. The normalized spacial score (nSPS) is 22.1. The fraction of sp³-hybridized carbons (Fsp3) is 0.133. The van der Waals surface area contributed by atoms with Gasteiger partial charge < -0.3 is 5.73 Å². The van der Waals surface area contributed by atoms with Gasteiger partial charge in [0.2, 0.25) is 5.91 Å². The van der Waals surface area contributed by atoms with E-state index in [4.69, 9.17) is 5.73 Å². The van der Waals surface area contributed by atoms with Crippen LogP contribution in [0.3, 0.4) is 0 Å². The molecule has 84 valence electrons. The number of carbonyl (C=O) groups is 1. The van der Waals surface area contributed by atoms with Crippen LogP contribution in [0.4, 0.5) is 0 Å². The quantitative estimate of drug-likeness (QED) is 0.793. The average Bonchev–Trinajstić information content (AvgIpc) is 2.56. The van der Waals surface area contributed by atoms with Gasteiger partial charge in [-0.2, -0.15) is 0 Å². The third kappa shape index (κ3) is 1.02. The van der Waals surface area contributed by atoms with Crippen molar-refractivity contribution in [2.45, 2.75) is 12.3 Å². The zero-order valence-corrected chi connectivity index (χ0v) is 9.66. The van der Waals surface area contributed by atoms with Crippen LogP contribution < -0.4 is 5.73 Å². The molecule has 1 atom stereocenters. The summed E-state index contributed by atoms with van der Waals surface area (Å²) in [5.74, 6) is -0.341. The van der Waals surface area contributed by atoms with E-state index in [1.54, 1.807) is 0 Å². The molecule has 0 radical (unpaired) electrons. The second-order valence-corrected chi connectivity index (χ2v) is 4.68. The molecule has 0 aromatic heterocycles. The summed E-state index contributed by atoms with van der Waals surface area (Å²) in [6, 6.07) is 12.0. The molecule has 2 N–H and O–H groups in total. The number of nitrogens with two attached hydrogens (primary N) is 1. The number of primary amides is 1. The molecule has 0 saturated heterocycles. The summed E-state index contributed by atoms with van der Waals surface area (Å²) in [7, 11) is 0. The van der Waals surface area contributed by atoms with E-state index in [-0.39, 0.29) is 5.91 Å². The van der Waals surface area contributed by atoms with Crippen molar-refractivity contribution in [3.63, 3.8) is 0 Å². The Morgan fingerprint density at radius 2 is 1.88 bits per heavy atom. The van der Waals surface area contributed by atoms with E-state index in [9.17, 15) is 4.79 Å². The Bertz CT molecular complexity index is 666. The molecule has 3 rings (SSSR count). The van der Waals surface area contributed by atoms with Gasteiger partial charge in [0.05, 0.1) is 5.41 Å². The van der Waals surface area contributed by atoms with Crippen molar-refractivity contribution in [2.75, 3.05) is 0 Å². The summed E-state index contributed by atoms with van der Waals surface area (Å²) in [5, 5.41) is 2.24. The summed E-state index contributed by atoms with van der Waals surface area (Å²) in [4.78, 5) is 11.8. The molecular weight excluding hydrogens is 210 g/mol. The first-order valence-electron chi connectivity index (χ1n) is 5.58. The predicted molar refractivity (Wildman–Crippen MR) is 69.5 cm³/mol. The van der Waals surface area contributed by atoms with E-state index >= 15 is 0 Å². The minimum atomic E-state index is -0.775. The van der Waals surface area contributed by atoms with Crippen LogP contribution in [0.2, 0.25) is 0 Å². The van der Waals surface area contributed by atoms with Crippen LogP contribution in [0, 0.1) is 0 Å². The van der Waals surface area contributed by atoms with Crippen LogP contribution in [0.25, 0.3) is 16.3 Å². The molecule has 1 aliphatic rings. The maximum Gasteiger partial charge on any atom is 0.232 e. The number of hydrogen-bond acceptors (Lipinski definition) is 1. The predicted octanol–water partition coefficient (Wildman–Crippen LogP) is 2.61. The Hall–Kier alpha value is -2.09. The van der Waals surface area contributed by atoms with Gasteiger partial charge in [-0.15, -0.1) is 0 Å².